The van der Waals surface area contributed by atoms with Gasteiger partial charge in [-0.1, -0.05) is 127 Å². The fourth-order valence-corrected chi connectivity index (χ4v) is 12.4. The van der Waals surface area contributed by atoms with Crippen LogP contribution in [0.1, 0.15) is 154 Å². The summed E-state index contributed by atoms with van der Waals surface area (Å²) in [5.41, 5.74) is 3.66. The summed E-state index contributed by atoms with van der Waals surface area (Å²) in [5, 5.41) is 0. The standard InChI is InChI=1S/2C10H8N2.4C8H20O6P2.2Cu/c2*1-3-7-11-9(5-1)10-6-2-4-8-12-10;4*9-15(10,11)7-5-3-1-2-4-6-8-16(12,13)14;;/h2*1-8H;4*1-8H2,(H2,9,10,11)(H2,12,13,14);;/q;;;;;;2*+2/p-4. The maximum absolute atomic E-state index is 10.5. The number of pyridine rings is 4. The van der Waals surface area contributed by atoms with E-state index in [1.807, 2.05) is 72.8 Å². The molecule has 0 saturated heterocycles. The third-order valence-corrected chi connectivity index (χ3v) is 18.9. The Morgan fingerprint density at radius 2 is 0.367 bits per heavy atom. The Labute approximate surface area is 550 Å². The van der Waals surface area contributed by atoms with Crippen molar-refractivity contribution in [2.45, 2.75) is 154 Å². The molecule has 0 aliphatic heterocycles. The molecule has 4 rings (SSSR count). The van der Waals surface area contributed by atoms with E-state index in [2.05, 4.69) is 19.9 Å². The number of rotatable bonds is 38. The Morgan fingerprint density at radius 3 is 0.478 bits per heavy atom. The molecule has 4 aromatic rings. The predicted octanol–water partition coefficient (Wildman–Crippen LogP) is 8.48. The topological polar surface area (TPSA) is 523 Å². The van der Waals surface area contributed by atoms with Gasteiger partial charge in [0.1, 0.15) is 30.4 Å². The minimum Gasteiger partial charge on any atom is -0.779 e. The van der Waals surface area contributed by atoms with Gasteiger partial charge in [-0.15, -0.1) is 0 Å². The summed E-state index contributed by atoms with van der Waals surface area (Å²) in [6.07, 6.45) is 22.1. The minimum atomic E-state index is -4.10. The van der Waals surface area contributed by atoms with E-state index in [-0.39, 0.29) is 83.4 Å². The van der Waals surface area contributed by atoms with Crippen molar-refractivity contribution in [2.24, 2.45) is 0 Å². The Bertz CT molecular complexity index is 2270. The van der Waals surface area contributed by atoms with E-state index in [1.54, 1.807) is 24.8 Å². The predicted molar refractivity (Wildman–Crippen MR) is 332 cm³/mol. The first kappa shape index (κ1) is 95.2. The third kappa shape index (κ3) is 77.5. The second-order valence-electron chi connectivity index (χ2n) is 20.3. The minimum absolute atomic E-state index is 0. The second-order valence-corrected chi connectivity index (χ2v) is 34.3. The van der Waals surface area contributed by atoms with Gasteiger partial charge in [0.05, 0.1) is 22.8 Å². The van der Waals surface area contributed by atoms with Gasteiger partial charge in [-0.05, 0) is 99.9 Å². The molecule has 2 radical (unpaired) electrons. The number of aromatic nitrogens is 4. The Kier molecular flexibility index (Phi) is 57.1. The first-order valence-corrected chi connectivity index (χ1v) is 42.9. The van der Waals surface area contributed by atoms with E-state index in [9.17, 15) is 56.1 Å². The van der Waals surface area contributed by atoms with E-state index in [4.69, 9.17) is 58.7 Å². The van der Waals surface area contributed by atoms with Crippen LogP contribution in [0.5, 0.6) is 0 Å². The maximum Gasteiger partial charge on any atom is 2.00 e. The van der Waals surface area contributed by atoms with Crippen LogP contribution in [0, 0.1) is 0 Å². The fraction of sp³-hybridized carbons (Fsp3) is 0.615. The molecule has 90 heavy (non-hydrogen) atoms. The Balaban J connectivity index is -0.000000492. The van der Waals surface area contributed by atoms with Crippen molar-refractivity contribution in [3.63, 3.8) is 0 Å². The zero-order valence-corrected chi connectivity index (χ0v) is 59.1. The normalized spacial score (nSPS) is 14.0. The number of nitrogens with zero attached hydrogens (tertiary/aromatic N) is 4. The van der Waals surface area contributed by atoms with Gasteiger partial charge in [-0.2, -0.15) is 0 Å². The molecule has 0 aliphatic carbocycles. The van der Waals surface area contributed by atoms with Crippen LogP contribution in [-0.4, -0.2) is 128 Å². The molecular formula is C52H92Cu2N4O24P8. The van der Waals surface area contributed by atoms with Crippen molar-refractivity contribution in [1.29, 1.82) is 0 Å². The van der Waals surface area contributed by atoms with Crippen molar-refractivity contribution in [3.05, 3.63) is 97.6 Å². The van der Waals surface area contributed by atoms with Gasteiger partial charge in [0.15, 0.2) is 0 Å². The molecule has 28 nitrogen and oxygen atoms in total. The molecule has 4 aromatic heterocycles. The molecule has 0 spiro atoms. The zero-order valence-electron chi connectivity index (χ0n) is 50.1. The smallest absolute Gasteiger partial charge is 0.779 e. The SMILES string of the molecule is O=P([O-])(O)CCCCCCCCP(=O)(O)O.O=P([O-])(O)CCCCCCCCP(=O)(O)O.O=P([O-])(O)CCCCCCCCP(=O)(O)O.O=P([O-])(O)CCCCCCCCP(=O)(O)O.[Cu+2].[Cu+2].c1ccc(-c2ccccn2)nc1.c1ccc(-c2ccccn2)nc1. The van der Waals surface area contributed by atoms with E-state index in [1.165, 1.54) is 0 Å². The summed E-state index contributed by atoms with van der Waals surface area (Å²) < 4.78 is 83.4. The number of hydrogen-bond acceptors (Lipinski definition) is 16. The molecule has 526 valence electrons. The number of unbranched alkanes of at least 4 members (excludes halogenated alkanes) is 20. The van der Waals surface area contributed by atoms with Crippen LogP contribution in [-0.2, 0) is 70.7 Å². The van der Waals surface area contributed by atoms with Crippen LogP contribution in [0.3, 0.4) is 0 Å². The molecule has 0 aromatic carbocycles. The van der Waals surface area contributed by atoms with Crippen LogP contribution in [0.15, 0.2) is 97.6 Å². The average molecular weight is 1530 g/mol. The summed E-state index contributed by atoms with van der Waals surface area (Å²) in [6, 6.07) is 23.2. The molecule has 0 amide bonds. The van der Waals surface area contributed by atoms with E-state index in [0.29, 0.717) is 77.0 Å². The third-order valence-electron chi connectivity index (χ3n) is 11.7. The molecule has 4 atom stereocenters. The van der Waals surface area contributed by atoms with Crippen LogP contribution < -0.4 is 19.6 Å². The molecule has 4 heterocycles. The largest absolute Gasteiger partial charge is 2.00 e. The van der Waals surface area contributed by atoms with Crippen molar-refractivity contribution in [2.75, 3.05) is 49.3 Å². The monoisotopic (exact) mass is 1530 g/mol. The summed E-state index contributed by atoms with van der Waals surface area (Å²) in [7, 11) is -31.9. The van der Waals surface area contributed by atoms with Gasteiger partial charge in [0.2, 0.25) is 0 Å². The molecule has 38 heteroatoms. The second kappa shape index (κ2) is 53.9. The summed E-state index contributed by atoms with van der Waals surface area (Å²) in [5.74, 6) is 0. The molecule has 0 saturated carbocycles. The fourth-order valence-electron chi connectivity index (χ4n) is 7.40. The average Bonchev–Trinajstić information content (AvgIpc) is 3.64. The van der Waals surface area contributed by atoms with Crippen molar-refractivity contribution >= 4 is 60.8 Å². The molecular weight excluding hydrogens is 1440 g/mol. The van der Waals surface area contributed by atoms with E-state index >= 15 is 0 Å². The molecule has 12 N–H and O–H groups in total. The van der Waals surface area contributed by atoms with Crippen LogP contribution in [0.2, 0.25) is 0 Å². The maximum atomic E-state index is 10.5. The summed E-state index contributed by atoms with van der Waals surface area (Å²) in [6.45, 7) is 0. The van der Waals surface area contributed by atoms with Crippen LogP contribution in [0.25, 0.3) is 22.8 Å². The van der Waals surface area contributed by atoms with Gasteiger partial charge in [-0.25, -0.2) is 0 Å². The molecule has 0 aliphatic rings. The van der Waals surface area contributed by atoms with Gasteiger partial charge in [-0.3, -0.25) is 38.2 Å². The summed E-state index contributed by atoms with van der Waals surface area (Å²) >= 11 is 0. The Morgan fingerprint density at radius 1 is 0.233 bits per heavy atom. The summed E-state index contributed by atoms with van der Waals surface area (Å²) in [4.78, 5) is 161. The van der Waals surface area contributed by atoms with Crippen LogP contribution >= 0.6 is 60.8 Å². The van der Waals surface area contributed by atoms with Gasteiger partial charge < -0.3 is 96.6 Å². The molecule has 4 unspecified atom stereocenters. The van der Waals surface area contributed by atoms with Crippen molar-refractivity contribution in [3.8, 4) is 22.8 Å². The van der Waals surface area contributed by atoms with E-state index in [0.717, 1.165) is 99.8 Å². The van der Waals surface area contributed by atoms with Gasteiger partial charge in [0.25, 0.3) is 0 Å². The first-order chi connectivity index (χ1) is 40.8. The van der Waals surface area contributed by atoms with Crippen LogP contribution in [0.4, 0.5) is 0 Å². The molecule has 0 fully saturated rings. The zero-order chi connectivity index (χ0) is 67.1. The van der Waals surface area contributed by atoms with E-state index < -0.39 is 60.8 Å². The van der Waals surface area contributed by atoms with Gasteiger partial charge in [0, 0.05) is 74.1 Å². The van der Waals surface area contributed by atoms with Gasteiger partial charge >= 0.3 is 64.5 Å². The first-order valence-electron chi connectivity index (χ1n) is 28.7. The Hall–Kier alpha value is -1.16. The number of hydrogen-bond donors (Lipinski definition) is 12. The molecule has 0 bridgehead atoms. The van der Waals surface area contributed by atoms with Crippen molar-refractivity contribution < 1.29 is 149 Å². The van der Waals surface area contributed by atoms with Crippen molar-refractivity contribution in [1.82, 2.24) is 19.9 Å². The quantitative estimate of drug-likeness (QED) is 0.0114.